The number of ether oxygens (including phenoxy) is 2. The number of rotatable bonds is 5. The van der Waals surface area contributed by atoms with Crippen LogP contribution in [0.1, 0.15) is 15.9 Å². The number of carbonyl (C=O) groups is 1. The van der Waals surface area contributed by atoms with E-state index in [0.717, 1.165) is 5.56 Å². The Morgan fingerprint density at radius 3 is 2.48 bits per heavy atom. The number of carbonyl (C=O) groups excluding carboxylic acids is 1. The fraction of sp³-hybridized carbons (Fsp3) is 0.167. The standard InChI is InChI=1S/C18H17N3O4/c1-11-4-6-12(7-5-11)16(22)19-18-21-20-17(25-18)14-10-13(23-2)8-9-15(14)24-3/h4-10H,1-3H3,(H,19,21,22). The van der Waals surface area contributed by atoms with E-state index in [2.05, 4.69) is 15.5 Å². The van der Waals surface area contributed by atoms with Crippen molar-refractivity contribution in [3.05, 3.63) is 53.6 Å². The molecule has 1 N–H and O–H groups in total. The lowest BCUT2D eigenvalue weighted by Crippen LogP contribution is -2.11. The predicted molar refractivity (Wildman–Crippen MR) is 92.0 cm³/mol. The maximum absolute atomic E-state index is 12.2. The lowest BCUT2D eigenvalue weighted by molar-refractivity contribution is 0.102. The molecule has 7 nitrogen and oxygen atoms in total. The highest BCUT2D eigenvalue weighted by Gasteiger charge is 2.16. The molecular formula is C18H17N3O4. The highest BCUT2D eigenvalue weighted by atomic mass is 16.5. The second-order valence-electron chi connectivity index (χ2n) is 5.30. The summed E-state index contributed by atoms with van der Waals surface area (Å²) in [5.41, 5.74) is 2.15. The van der Waals surface area contributed by atoms with E-state index in [9.17, 15) is 4.79 Å². The zero-order chi connectivity index (χ0) is 17.8. The minimum atomic E-state index is -0.326. The van der Waals surface area contributed by atoms with Gasteiger partial charge < -0.3 is 13.9 Å². The maximum Gasteiger partial charge on any atom is 0.322 e. The summed E-state index contributed by atoms with van der Waals surface area (Å²) in [7, 11) is 3.11. The van der Waals surface area contributed by atoms with E-state index in [1.165, 1.54) is 0 Å². The Hall–Kier alpha value is -3.35. The average molecular weight is 339 g/mol. The molecule has 3 rings (SSSR count). The number of anilines is 1. The molecule has 0 saturated heterocycles. The topological polar surface area (TPSA) is 86.5 Å². The van der Waals surface area contributed by atoms with Crippen molar-refractivity contribution < 1.29 is 18.7 Å². The van der Waals surface area contributed by atoms with Gasteiger partial charge in [-0.2, -0.15) is 0 Å². The number of amides is 1. The Morgan fingerprint density at radius 1 is 1.04 bits per heavy atom. The number of aryl methyl sites for hydroxylation is 1. The number of hydrogen-bond donors (Lipinski definition) is 1. The molecular weight excluding hydrogens is 322 g/mol. The van der Waals surface area contributed by atoms with Crippen molar-refractivity contribution in [2.24, 2.45) is 0 Å². The Balaban J connectivity index is 1.83. The van der Waals surface area contributed by atoms with Gasteiger partial charge in [0.1, 0.15) is 11.5 Å². The van der Waals surface area contributed by atoms with Gasteiger partial charge in [-0.1, -0.05) is 22.8 Å². The zero-order valence-electron chi connectivity index (χ0n) is 14.1. The Labute approximate surface area is 144 Å². The van der Waals surface area contributed by atoms with Gasteiger partial charge in [-0.15, -0.1) is 5.10 Å². The van der Waals surface area contributed by atoms with Crippen molar-refractivity contribution in [1.82, 2.24) is 10.2 Å². The summed E-state index contributed by atoms with van der Waals surface area (Å²) in [5.74, 6) is 1.07. The highest BCUT2D eigenvalue weighted by molar-refractivity contribution is 6.03. The summed E-state index contributed by atoms with van der Waals surface area (Å²) in [6, 6.07) is 12.4. The third-order valence-electron chi connectivity index (χ3n) is 3.60. The van der Waals surface area contributed by atoms with Crippen LogP contribution < -0.4 is 14.8 Å². The van der Waals surface area contributed by atoms with Crippen molar-refractivity contribution in [1.29, 1.82) is 0 Å². The molecule has 7 heteroatoms. The molecule has 0 aliphatic heterocycles. The molecule has 0 aliphatic rings. The molecule has 2 aromatic carbocycles. The molecule has 1 aromatic heterocycles. The van der Waals surface area contributed by atoms with Crippen molar-refractivity contribution in [2.75, 3.05) is 19.5 Å². The summed E-state index contributed by atoms with van der Waals surface area (Å²) in [4.78, 5) is 12.2. The molecule has 0 unspecified atom stereocenters. The predicted octanol–water partition coefficient (Wildman–Crippen LogP) is 3.31. The molecule has 0 saturated carbocycles. The third-order valence-corrected chi connectivity index (χ3v) is 3.60. The number of methoxy groups -OCH3 is 2. The summed E-state index contributed by atoms with van der Waals surface area (Å²) in [5, 5.41) is 10.4. The van der Waals surface area contributed by atoms with E-state index < -0.39 is 0 Å². The Bertz CT molecular complexity index is 888. The first-order valence-electron chi connectivity index (χ1n) is 7.54. The van der Waals surface area contributed by atoms with Crippen LogP contribution in [0.4, 0.5) is 6.01 Å². The molecule has 0 atom stereocenters. The molecule has 0 aliphatic carbocycles. The molecule has 0 radical (unpaired) electrons. The Kier molecular flexibility index (Phi) is 4.65. The van der Waals surface area contributed by atoms with Crippen molar-refractivity contribution >= 4 is 11.9 Å². The van der Waals surface area contributed by atoms with Crippen LogP contribution >= 0.6 is 0 Å². The number of hydrogen-bond acceptors (Lipinski definition) is 6. The normalized spacial score (nSPS) is 10.4. The van der Waals surface area contributed by atoms with Gasteiger partial charge in [0.25, 0.3) is 11.8 Å². The van der Waals surface area contributed by atoms with Gasteiger partial charge in [0.2, 0.25) is 0 Å². The van der Waals surface area contributed by atoms with Gasteiger partial charge in [-0.3, -0.25) is 10.1 Å². The summed E-state index contributed by atoms with van der Waals surface area (Å²) >= 11 is 0. The van der Waals surface area contributed by atoms with Crippen LogP contribution in [0.2, 0.25) is 0 Å². The van der Waals surface area contributed by atoms with Crippen LogP contribution in [0.25, 0.3) is 11.5 Å². The summed E-state index contributed by atoms with van der Waals surface area (Å²) in [6.45, 7) is 1.95. The molecule has 3 aromatic rings. The lowest BCUT2D eigenvalue weighted by atomic mass is 10.1. The van der Waals surface area contributed by atoms with Crippen LogP contribution in [0, 0.1) is 6.92 Å². The van der Waals surface area contributed by atoms with Crippen LogP contribution in [0.3, 0.4) is 0 Å². The third kappa shape index (κ3) is 3.60. The average Bonchev–Trinajstić information content (AvgIpc) is 3.10. The SMILES string of the molecule is COc1ccc(OC)c(-c2nnc(NC(=O)c3ccc(C)cc3)o2)c1. The molecule has 25 heavy (non-hydrogen) atoms. The minimum absolute atomic E-state index is 0.00504. The van der Waals surface area contributed by atoms with Gasteiger partial charge >= 0.3 is 6.01 Å². The number of aromatic nitrogens is 2. The quantitative estimate of drug-likeness (QED) is 0.767. The van der Waals surface area contributed by atoms with Crippen molar-refractivity contribution in [3.63, 3.8) is 0 Å². The monoisotopic (exact) mass is 339 g/mol. The molecule has 0 spiro atoms. The first kappa shape index (κ1) is 16.5. The molecule has 0 fully saturated rings. The van der Waals surface area contributed by atoms with E-state index in [0.29, 0.717) is 22.6 Å². The zero-order valence-corrected chi connectivity index (χ0v) is 14.1. The van der Waals surface area contributed by atoms with E-state index in [1.807, 2.05) is 19.1 Å². The van der Waals surface area contributed by atoms with E-state index >= 15 is 0 Å². The van der Waals surface area contributed by atoms with Crippen molar-refractivity contribution in [3.8, 4) is 23.0 Å². The largest absolute Gasteiger partial charge is 0.497 e. The first-order chi connectivity index (χ1) is 12.1. The number of nitrogens with one attached hydrogen (secondary N) is 1. The van der Waals surface area contributed by atoms with Crippen molar-refractivity contribution in [2.45, 2.75) is 6.92 Å². The molecule has 128 valence electrons. The number of nitrogens with zero attached hydrogens (tertiary/aromatic N) is 2. The lowest BCUT2D eigenvalue weighted by Gasteiger charge is -2.07. The molecule has 1 amide bonds. The van der Waals surface area contributed by atoms with Gasteiger partial charge in [0.15, 0.2) is 0 Å². The Morgan fingerprint density at radius 2 is 1.80 bits per heavy atom. The number of benzene rings is 2. The van der Waals surface area contributed by atoms with E-state index in [-0.39, 0.29) is 17.8 Å². The van der Waals surface area contributed by atoms with Crippen LogP contribution in [-0.2, 0) is 0 Å². The van der Waals surface area contributed by atoms with Gasteiger partial charge in [0.05, 0.1) is 19.8 Å². The fourth-order valence-electron chi connectivity index (χ4n) is 2.24. The maximum atomic E-state index is 12.2. The first-order valence-corrected chi connectivity index (χ1v) is 7.54. The summed E-state index contributed by atoms with van der Waals surface area (Å²) < 4.78 is 16.0. The second-order valence-corrected chi connectivity index (χ2v) is 5.30. The highest BCUT2D eigenvalue weighted by Crippen LogP contribution is 2.33. The van der Waals surface area contributed by atoms with E-state index in [4.69, 9.17) is 13.9 Å². The van der Waals surface area contributed by atoms with Gasteiger partial charge in [0, 0.05) is 5.56 Å². The summed E-state index contributed by atoms with van der Waals surface area (Å²) in [6.07, 6.45) is 0. The van der Waals surface area contributed by atoms with Crippen LogP contribution in [-0.4, -0.2) is 30.3 Å². The van der Waals surface area contributed by atoms with Crippen LogP contribution in [0.5, 0.6) is 11.5 Å². The van der Waals surface area contributed by atoms with Gasteiger partial charge in [-0.05, 0) is 37.3 Å². The van der Waals surface area contributed by atoms with Crippen LogP contribution in [0.15, 0.2) is 46.9 Å². The van der Waals surface area contributed by atoms with E-state index in [1.54, 1.807) is 44.6 Å². The smallest absolute Gasteiger partial charge is 0.322 e. The second kappa shape index (κ2) is 7.04. The molecule has 1 heterocycles. The fourth-order valence-corrected chi connectivity index (χ4v) is 2.24. The minimum Gasteiger partial charge on any atom is -0.497 e. The van der Waals surface area contributed by atoms with Gasteiger partial charge in [-0.25, -0.2) is 0 Å². The molecule has 0 bridgehead atoms.